The van der Waals surface area contributed by atoms with Crippen molar-refractivity contribution in [2.75, 3.05) is 0 Å². The smallest absolute Gasteiger partial charge is 0.227 e. The van der Waals surface area contributed by atoms with Gasteiger partial charge < -0.3 is 4.79 Å². The molecule has 2 aromatic rings. The van der Waals surface area contributed by atoms with Crippen molar-refractivity contribution in [3.63, 3.8) is 0 Å². The molecule has 0 amide bonds. The van der Waals surface area contributed by atoms with Crippen LogP contribution in [0.2, 0.25) is 0 Å². The molecular weight excluding hydrogens is 374 g/mol. The summed E-state index contributed by atoms with van der Waals surface area (Å²) in [5, 5.41) is 12.7. The molecule has 5 rings (SSSR count). The van der Waals surface area contributed by atoms with Gasteiger partial charge in [0, 0.05) is 10.3 Å². The molecule has 2 fully saturated rings. The molecule has 154 valence electrons. The maximum atomic E-state index is 13.0. The first-order valence-corrected chi connectivity index (χ1v) is 11.0. The number of nitrogens with zero attached hydrogens (tertiary/aromatic N) is 1. The summed E-state index contributed by atoms with van der Waals surface area (Å²) < 4.78 is 0. The van der Waals surface area contributed by atoms with E-state index >= 15 is 0 Å². The lowest BCUT2D eigenvalue weighted by Gasteiger charge is -2.56. The van der Waals surface area contributed by atoms with Gasteiger partial charge in [0.2, 0.25) is 6.04 Å². The average molecular weight is 402 g/mol. The topological polar surface area (TPSA) is 60.2 Å². The molecule has 0 radical (unpaired) electrons. The van der Waals surface area contributed by atoms with E-state index in [4.69, 9.17) is 0 Å². The van der Waals surface area contributed by atoms with Crippen molar-refractivity contribution < 1.29 is 9.72 Å². The van der Waals surface area contributed by atoms with Gasteiger partial charge in [-0.2, -0.15) is 0 Å². The van der Waals surface area contributed by atoms with Crippen molar-refractivity contribution in [3.8, 4) is 0 Å². The van der Waals surface area contributed by atoms with Crippen LogP contribution in [0.25, 0.3) is 0 Å². The Bertz CT molecular complexity index is 972. The molecule has 0 heterocycles. The Morgan fingerprint density at radius 3 is 2.20 bits per heavy atom. The maximum absolute atomic E-state index is 13.0. The predicted molar refractivity (Wildman–Crippen MR) is 116 cm³/mol. The van der Waals surface area contributed by atoms with E-state index < -0.39 is 17.4 Å². The fourth-order valence-corrected chi connectivity index (χ4v) is 7.23. The molecule has 0 spiro atoms. The van der Waals surface area contributed by atoms with Gasteiger partial charge in [-0.3, -0.25) is 10.1 Å². The average Bonchev–Trinajstić information content (AvgIpc) is 3.21. The Kier molecular flexibility index (Phi) is 4.61. The van der Waals surface area contributed by atoms with Crippen LogP contribution >= 0.6 is 0 Å². The zero-order valence-electron chi connectivity index (χ0n) is 17.1. The van der Waals surface area contributed by atoms with Gasteiger partial charge in [0.25, 0.3) is 0 Å². The molecule has 0 saturated heterocycles. The molecule has 0 aliphatic heterocycles. The second-order valence-corrected chi connectivity index (χ2v) is 9.32. The fraction of sp³-hybridized carbons (Fsp3) is 0.423. The van der Waals surface area contributed by atoms with E-state index in [0.29, 0.717) is 5.92 Å². The summed E-state index contributed by atoms with van der Waals surface area (Å²) in [5.74, 6) is -0.0545. The number of rotatable bonds is 4. The van der Waals surface area contributed by atoms with E-state index in [1.165, 1.54) is 0 Å². The van der Waals surface area contributed by atoms with Crippen molar-refractivity contribution in [1.29, 1.82) is 0 Å². The van der Waals surface area contributed by atoms with Gasteiger partial charge in [0.15, 0.2) is 0 Å². The number of benzene rings is 2. The minimum Gasteiger partial charge on any atom is -0.303 e. The summed E-state index contributed by atoms with van der Waals surface area (Å²) in [5.41, 5.74) is 1.20. The highest BCUT2D eigenvalue weighted by atomic mass is 16.6. The number of carbonyl (C=O) groups excluding carboxylic acids is 1. The molecule has 2 saturated carbocycles. The third-order valence-electron chi connectivity index (χ3n) is 8.27. The Labute approximate surface area is 177 Å². The largest absolute Gasteiger partial charge is 0.303 e. The molecule has 0 N–H and O–H groups in total. The van der Waals surface area contributed by atoms with E-state index in [1.54, 1.807) is 0 Å². The SMILES string of the molecule is C[C@H]1C=C[C@H]2CC[C@@H]3[C@@H](c4ccccc4)[C@@H]([N+](=O)[O-])[C@H](c4ccccc4)[C@@]1(C=O)[C@@H]32. The number of carbonyl (C=O) groups is 1. The van der Waals surface area contributed by atoms with Crippen LogP contribution in [0.3, 0.4) is 0 Å². The summed E-state index contributed by atoms with van der Waals surface area (Å²) in [6.45, 7) is 2.08. The molecule has 2 aromatic carbocycles. The number of allylic oxidation sites excluding steroid dienone is 2. The Hall–Kier alpha value is -2.75. The number of aldehydes is 1. The molecule has 0 aromatic heterocycles. The van der Waals surface area contributed by atoms with Crippen molar-refractivity contribution >= 4 is 6.29 Å². The summed E-state index contributed by atoms with van der Waals surface area (Å²) >= 11 is 0. The Morgan fingerprint density at radius 2 is 1.60 bits per heavy atom. The quantitative estimate of drug-likeness (QED) is 0.304. The van der Waals surface area contributed by atoms with Gasteiger partial charge >= 0.3 is 0 Å². The Balaban J connectivity index is 1.79. The van der Waals surface area contributed by atoms with Gasteiger partial charge in [0.05, 0.1) is 11.8 Å². The second-order valence-electron chi connectivity index (χ2n) is 9.32. The first-order chi connectivity index (χ1) is 14.6. The third-order valence-corrected chi connectivity index (χ3v) is 8.27. The van der Waals surface area contributed by atoms with E-state index in [9.17, 15) is 14.9 Å². The molecule has 4 nitrogen and oxygen atoms in total. The number of nitro groups is 1. The fourth-order valence-electron chi connectivity index (χ4n) is 7.23. The van der Waals surface area contributed by atoms with Crippen molar-refractivity contribution in [2.45, 2.75) is 37.6 Å². The van der Waals surface area contributed by atoms with E-state index in [2.05, 4.69) is 19.1 Å². The lowest BCUT2D eigenvalue weighted by molar-refractivity contribution is -0.541. The van der Waals surface area contributed by atoms with E-state index in [1.807, 2.05) is 60.7 Å². The Morgan fingerprint density at radius 1 is 0.967 bits per heavy atom. The normalized spacial score (nSPS) is 39.3. The minimum absolute atomic E-state index is 0.0266. The molecule has 3 aliphatic carbocycles. The maximum Gasteiger partial charge on any atom is 0.227 e. The zero-order chi connectivity index (χ0) is 20.9. The zero-order valence-corrected chi connectivity index (χ0v) is 17.1. The van der Waals surface area contributed by atoms with Crippen molar-refractivity contribution in [2.24, 2.45) is 29.1 Å². The first-order valence-electron chi connectivity index (χ1n) is 11.0. The first kappa shape index (κ1) is 19.2. The highest BCUT2D eigenvalue weighted by Gasteiger charge is 2.68. The standard InChI is InChI=1S/C26H27NO3/c1-17-12-13-20-14-15-21-22(18-8-4-2-5-9-18)25(27(29)30)24(19-10-6-3-7-11-19)26(17,16-28)23(20)21/h2-13,16-17,20-25H,14-15H2,1H3/t17-,20-,21+,22+,23+,24-,25+,26+/m0/s1. The third kappa shape index (κ3) is 2.55. The lowest BCUT2D eigenvalue weighted by Crippen LogP contribution is -2.60. The van der Waals surface area contributed by atoms with Crippen LogP contribution in [0.5, 0.6) is 0 Å². The van der Waals surface area contributed by atoms with Gasteiger partial charge in [-0.15, -0.1) is 0 Å². The number of hydrogen-bond acceptors (Lipinski definition) is 3. The van der Waals surface area contributed by atoms with Gasteiger partial charge in [-0.25, -0.2) is 0 Å². The van der Waals surface area contributed by atoms with Crippen LogP contribution in [-0.2, 0) is 4.79 Å². The monoisotopic (exact) mass is 401 g/mol. The molecule has 0 unspecified atom stereocenters. The lowest BCUT2D eigenvalue weighted by atomic mass is 9.44. The van der Waals surface area contributed by atoms with Gasteiger partial charge in [0.1, 0.15) is 6.29 Å². The van der Waals surface area contributed by atoms with Crippen LogP contribution in [-0.4, -0.2) is 17.3 Å². The summed E-state index contributed by atoms with van der Waals surface area (Å²) in [7, 11) is 0. The molecule has 3 aliphatic rings. The van der Waals surface area contributed by atoms with Crippen LogP contribution in [0.15, 0.2) is 72.8 Å². The second kappa shape index (κ2) is 7.19. The van der Waals surface area contributed by atoms with Crippen molar-refractivity contribution in [1.82, 2.24) is 0 Å². The van der Waals surface area contributed by atoms with Crippen molar-refractivity contribution in [3.05, 3.63) is 94.1 Å². The summed E-state index contributed by atoms with van der Waals surface area (Å²) in [4.78, 5) is 25.6. The van der Waals surface area contributed by atoms with Crippen LogP contribution < -0.4 is 0 Å². The molecule has 4 heteroatoms. The van der Waals surface area contributed by atoms with Gasteiger partial charge in [-0.05, 0) is 47.6 Å². The van der Waals surface area contributed by atoms with Crippen LogP contribution in [0.4, 0.5) is 0 Å². The predicted octanol–water partition coefficient (Wildman–Crippen LogP) is 5.25. The minimum atomic E-state index is -0.825. The van der Waals surface area contributed by atoms with E-state index in [0.717, 1.165) is 30.3 Å². The molecule has 0 bridgehead atoms. The van der Waals surface area contributed by atoms with Gasteiger partial charge in [-0.1, -0.05) is 79.7 Å². The highest BCUT2D eigenvalue weighted by molar-refractivity contribution is 5.66. The van der Waals surface area contributed by atoms with Crippen LogP contribution in [0, 0.1) is 39.2 Å². The van der Waals surface area contributed by atoms with E-state index in [-0.39, 0.29) is 28.6 Å². The highest BCUT2D eigenvalue weighted by Crippen LogP contribution is 2.68. The van der Waals surface area contributed by atoms with Crippen LogP contribution in [0.1, 0.15) is 42.7 Å². The molecular formula is C26H27NO3. The number of hydrogen-bond donors (Lipinski definition) is 0. The molecule has 30 heavy (non-hydrogen) atoms. The summed E-state index contributed by atoms with van der Waals surface area (Å²) in [6.07, 6.45) is 7.48. The summed E-state index contributed by atoms with van der Waals surface area (Å²) in [6, 6.07) is 18.9. The molecule has 8 atom stereocenters.